The van der Waals surface area contributed by atoms with Crippen molar-refractivity contribution in [2.24, 2.45) is 0 Å². The third kappa shape index (κ3) is 4.23. The first-order valence-corrected chi connectivity index (χ1v) is 7.04. The maximum Gasteiger partial charge on any atom is 0.410 e. The Morgan fingerprint density at radius 2 is 2.30 bits per heavy atom. The Kier molecular flexibility index (Phi) is 4.32. The van der Waals surface area contributed by atoms with Crippen molar-refractivity contribution in [3.8, 4) is 0 Å². The summed E-state index contributed by atoms with van der Waals surface area (Å²) in [4.78, 5) is 13.8. The second-order valence-electron chi connectivity index (χ2n) is 6.32. The lowest BCUT2D eigenvalue weighted by molar-refractivity contribution is 0.0188. The summed E-state index contributed by atoms with van der Waals surface area (Å²) in [6, 6.07) is 0.204. The van der Waals surface area contributed by atoms with E-state index < -0.39 is 5.60 Å². The lowest BCUT2D eigenvalue weighted by atomic mass is 10.2. The van der Waals surface area contributed by atoms with Gasteiger partial charge in [-0.15, -0.1) is 0 Å². The molecule has 0 aromatic carbocycles. The molecule has 0 spiro atoms. The highest BCUT2D eigenvalue weighted by Crippen LogP contribution is 2.12. The molecule has 6 nitrogen and oxygen atoms in total. The van der Waals surface area contributed by atoms with E-state index in [4.69, 9.17) is 4.74 Å². The Labute approximate surface area is 120 Å². The van der Waals surface area contributed by atoms with Crippen molar-refractivity contribution in [2.45, 2.75) is 45.9 Å². The lowest BCUT2D eigenvalue weighted by Gasteiger charge is -2.34. The van der Waals surface area contributed by atoms with Crippen molar-refractivity contribution in [1.82, 2.24) is 20.0 Å². The highest BCUT2D eigenvalue weighted by molar-refractivity contribution is 5.68. The maximum absolute atomic E-state index is 12.1. The zero-order valence-corrected chi connectivity index (χ0v) is 12.7. The number of amides is 1. The fourth-order valence-electron chi connectivity index (χ4n) is 2.23. The molecule has 2 rings (SSSR count). The van der Waals surface area contributed by atoms with Crippen LogP contribution in [0, 0.1) is 6.92 Å². The molecule has 1 aromatic heterocycles. The number of aryl methyl sites for hydroxylation is 1. The third-order valence-corrected chi connectivity index (χ3v) is 3.08. The Hall–Kier alpha value is -1.56. The van der Waals surface area contributed by atoms with Gasteiger partial charge >= 0.3 is 6.09 Å². The van der Waals surface area contributed by atoms with Crippen molar-refractivity contribution in [3.05, 3.63) is 18.0 Å². The molecule has 0 saturated carbocycles. The smallest absolute Gasteiger partial charge is 0.410 e. The van der Waals surface area contributed by atoms with Gasteiger partial charge in [-0.05, 0) is 33.3 Å². The average molecular weight is 280 g/mol. The number of piperazine rings is 1. The van der Waals surface area contributed by atoms with Gasteiger partial charge in [0.2, 0.25) is 0 Å². The second kappa shape index (κ2) is 5.83. The van der Waals surface area contributed by atoms with E-state index in [0.717, 1.165) is 18.7 Å². The van der Waals surface area contributed by atoms with Crippen molar-refractivity contribution in [3.63, 3.8) is 0 Å². The molecule has 6 heteroatoms. The van der Waals surface area contributed by atoms with Crippen LogP contribution in [0.2, 0.25) is 0 Å². The molecule has 1 fully saturated rings. The Morgan fingerprint density at radius 1 is 1.55 bits per heavy atom. The van der Waals surface area contributed by atoms with E-state index in [1.165, 1.54) is 0 Å². The summed E-state index contributed by atoms with van der Waals surface area (Å²) in [5.41, 5.74) is 0.695. The molecule has 1 atom stereocenters. The van der Waals surface area contributed by atoms with Gasteiger partial charge in [-0.3, -0.25) is 4.68 Å². The molecule has 1 aromatic rings. The van der Waals surface area contributed by atoms with Crippen LogP contribution in [-0.2, 0) is 11.3 Å². The predicted octanol–water partition coefficient (Wildman–Crippen LogP) is 1.40. The number of ether oxygens (including phenoxy) is 1. The number of carbonyl (C=O) groups is 1. The number of nitrogens with zero attached hydrogens (tertiary/aromatic N) is 3. The summed E-state index contributed by atoms with van der Waals surface area (Å²) in [7, 11) is 0. The molecule has 2 heterocycles. The van der Waals surface area contributed by atoms with Crippen molar-refractivity contribution >= 4 is 6.09 Å². The molecule has 112 valence electrons. The number of hydrogen-bond acceptors (Lipinski definition) is 4. The normalized spacial score (nSPS) is 20.0. The van der Waals surface area contributed by atoms with Gasteiger partial charge in [0.15, 0.2) is 0 Å². The Balaban J connectivity index is 1.90. The molecule has 20 heavy (non-hydrogen) atoms. The number of rotatable bonds is 2. The minimum Gasteiger partial charge on any atom is -0.444 e. The monoisotopic (exact) mass is 280 g/mol. The van der Waals surface area contributed by atoms with Crippen molar-refractivity contribution in [2.75, 3.05) is 19.6 Å². The highest BCUT2D eigenvalue weighted by atomic mass is 16.6. The number of nitrogens with one attached hydrogen (secondary N) is 1. The first-order chi connectivity index (χ1) is 9.33. The zero-order chi connectivity index (χ0) is 14.8. The predicted molar refractivity (Wildman–Crippen MR) is 76.6 cm³/mol. The van der Waals surface area contributed by atoms with E-state index >= 15 is 0 Å². The summed E-state index contributed by atoms with van der Waals surface area (Å²) >= 11 is 0. The van der Waals surface area contributed by atoms with Gasteiger partial charge < -0.3 is 15.0 Å². The van der Waals surface area contributed by atoms with Crippen LogP contribution in [0.3, 0.4) is 0 Å². The fourth-order valence-corrected chi connectivity index (χ4v) is 2.23. The maximum atomic E-state index is 12.1. The van der Waals surface area contributed by atoms with Crippen LogP contribution in [0.5, 0.6) is 0 Å². The molecular weight excluding hydrogens is 256 g/mol. The largest absolute Gasteiger partial charge is 0.444 e. The van der Waals surface area contributed by atoms with E-state index in [9.17, 15) is 4.79 Å². The molecule has 1 saturated heterocycles. The van der Waals surface area contributed by atoms with Gasteiger partial charge in [0.05, 0.1) is 12.7 Å². The van der Waals surface area contributed by atoms with Gasteiger partial charge in [0, 0.05) is 31.9 Å². The lowest BCUT2D eigenvalue weighted by Crippen LogP contribution is -2.54. The Morgan fingerprint density at radius 3 is 2.90 bits per heavy atom. The van der Waals surface area contributed by atoms with Crippen LogP contribution < -0.4 is 5.32 Å². The quantitative estimate of drug-likeness (QED) is 0.889. The molecule has 1 N–H and O–H groups in total. The molecular formula is C14H24N4O2. The molecule has 1 amide bonds. The first kappa shape index (κ1) is 14.8. The summed E-state index contributed by atoms with van der Waals surface area (Å²) in [6.45, 7) is 10.5. The minimum atomic E-state index is -0.448. The van der Waals surface area contributed by atoms with Gasteiger partial charge in [-0.1, -0.05) is 0 Å². The van der Waals surface area contributed by atoms with Crippen LogP contribution in [-0.4, -0.2) is 52.1 Å². The summed E-state index contributed by atoms with van der Waals surface area (Å²) in [5, 5.41) is 7.70. The van der Waals surface area contributed by atoms with Crippen LogP contribution in [0.25, 0.3) is 0 Å². The van der Waals surface area contributed by atoms with Gasteiger partial charge in [-0.2, -0.15) is 5.10 Å². The van der Waals surface area contributed by atoms with Gasteiger partial charge in [0.1, 0.15) is 5.60 Å². The highest BCUT2D eigenvalue weighted by Gasteiger charge is 2.27. The van der Waals surface area contributed by atoms with Crippen LogP contribution >= 0.6 is 0 Å². The minimum absolute atomic E-state index is 0.204. The van der Waals surface area contributed by atoms with Crippen molar-refractivity contribution < 1.29 is 9.53 Å². The standard InChI is InChI=1S/C14H24N4O2/c1-11-7-16-18(8-11)10-12-9-17(6-5-15-12)13(19)20-14(2,3)4/h7-8,12,15H,5-6,9-10H2,1-4H3. The average Bonchev–Trinajstić information content (AvgIpc) is 2.73. The zero-order valence-electron chi connectivity index (χ0n) is 12.7. The van der Waals surface area contributed by atoms with E-state index in [0.29, 0.717) is 13.1 Å². The van der Waals surface area contributed by atoms with Crippen LogP contribution in [0.1, 0.15) is 26.3 Å². The van der Waals surface area contributed by atoms with E-state index in [2.05, 4.69) is 10.4 Å². The summed E-state index contributed by atoms with van der Waals surface area (Å²) < 4.78 is 7.32. The van der Waals surface area contributed by atoms with E-state index in [1.807, 2.05) is 44.8 Å². The topological polar surface area (TPSA) is 59.4 Å². The first-order valence-electron chi connectivity index (χ1n) is 7.04. The van der Waals surface area contributed by atoms with E-state index in [1.54, 1.807) is 4.90 Å². The van der Waals surface area contributed by atoms with Gasteiger partial charge in [0.25, 0.3) is 0 Å². The molecule has 1 unspecified atom stereocenters. The fraction of sp³-hybridized carbons (Fsp3) is 0.714. The molecule has 1 aliphatic rings. The van der Waals surface area contributed by atoms with Crippen LogP contribution in [0.15, 0.2) is 12.4 Å². The molecule has 0 bridgehead atoms. The third-order valence-electron chi connectivity index (χ3n) is 3.08. The van der Waals surface area contributed by atoms with Gasteiger partial charge in [-0.25, -0.2) is 4.79 Å². The SMILES string of the molecule is Cc1cnn(CC2CN(C(=O)OC(C)(C)C)CCN2)c1. The van der Waals surface area contributed by atoms with E-state index in [-0.39, 0.29) is 12.1 Å². The second-order valence-corrected chi connectivity index (χ2v) is 6.32. The summed E-state index contributed by atoms with van der Waals surface area (Å²) in [5.74, 6) is 0. The molecule has 0 radical (unpaired) electrons. The van der Waals surface area contributed by atoms with Crippen molar-refractivity contribution in [1.29, 1.82) is 0 Å². The molecule has 0 aliphatic carbocycles. The summed E-state index contributed by atoms with van der Waals surface area (Å²) in [6.07, 6.45) is 3.61. The number of aromatic nitrogens is 2. The number of carbonyl (C=O) groups excluding carboxylic acids is 1. The Bertz CT molecular complexity index is 464. The molecule has 1 aliphatic heterocycles. The van der Waals surface area contributed by atoms with Crippen LogP contribution in [0.4, 0.5) is 4.79 Å². The number of hydrogen-bond donors (Lipinski definition) is 1.